The quantitative estimate of drug-likeness (QED) is 0.467. The van der Waals surface area contributed by atoms with Crippen molar-refractivity contribution >= 4 is 34.9 Å². The summed E-state index contributed by atoms with van der Waals surface area (Å²) in [7, 11) is 1.33. The Kier molecular flexibility index (Phi) is 8.23. The minimum atomic E-state index is -0.466. The van der Waals surface area contributed by atoms with Crippen molar-refractivity contribution in [3.63, 3.8) is 0 Å². The van der Waals surface area contributed by atoms with Crippen LogP contribution in [0.25, 0.3) is 0 Å². The van der Waals surface area contributed by atoms with Crippen molar-refractivity contribution in [1.82, 2.24) is 4.90 Å². The highest BCUT2D eigenvalue weighted by atomic mass is 35.5. The molecule has 3 aromatic rings. The summed E-state index contributed by atoms with van der Waals surface area (Å²) in [5, 5.41) is 3.33. The second kappa shape index (κ2) is 11.7. The Morgan fingerprint density at radius 3 is 2.37 bits per heavy atom. The van der Waals surface area contributed by atoms with E-state index < -0.39 is 5.97 Å². The van der Waals surface area contributed by atoms with Gasteiger partial charge in [-0.25, -0.2) is 4.79 Å². The average Bonchev–Trinajstić information content (AvgIpc) is 2.89. The number of anilines is 2. The highest BCUT2D eigenvalue weighted by molar-refractivity contribution is 6.32. The van der Waals surface area contributed by atoms with Gasteiger partial charge in [-0.15, -0.1) is 0 Å². The molecular weight excluding hydrogens is 466 g/mol. The van der Waals surface area contributed by atoms with E-state index in [2.05, 4.69) is 39.4 Å². The van der Waals surface area contributed by atoms with Gasteiger partial charge in [-0.2, -0.15) is 0 Å². The Labute approximate surface area is 210 Å². The number of ether oxygens (including phenoxy) is 2. The van der Waals surface area contributed by atoms with Gasteiger partial charge >= 0.3 is 5.97 Å². The van der Waals surface area contributed by atoms with Crippen molar-refractivity contribution in [3.05, 3.63) is 88.9 Å². The molecule has 0 radical (unpaired) electrons. The lowest BCUT2D eigenvalue weighted by atomic mass is 10.1. The fourth-order valence-corrected chi connectivity index (χ4v) is 4.23. The van der Waals surface area contributed by atoms with Gasteiger partial charge in [0.25, 0.3) is 5.91 Å². The number of nitrogens with zero attached hydrogens (tertiary/aromatic N) is 2. The molecule has 0 aliphatic carbocycles. The third-order valence-corrected chi connectivity index (χ3v) is 6.16. The van der Waals surface area contributed by atoms with E-state index in [0.29, 0.717) is 22.0 Å². The van der Waals surface area contributed by atoms with Gasteiger partial charge in [-0.1, -0.05) is 54.1 Å². The predicted molar refractivity (Wildman–Crippen MR) is 137 cm³/mol. The number of para-hydroxylation sites is 1. The number of rotatable bonds is 8. The second-order valence-corrected chi connectivity index (χ2v) is 8.65. The molecule has 3 aromatic carbocycles. The number of nitrogens with one attached hydrogen (secondary N) is 1. The topological polar surface area (TPSA) is 71.1 Å². The van der Waals surface area contributed by atoms with Gasteiger partial charge in [-0.05, 0) is 35.9 Å². The standard InChI is InChI=1S/C27H28ClN3O4/c1-34-27(33)21-11-12-24(31-15-13-30(14-16-31)18-20-7-3-2-4-8-20)23(17-21)29-26(32)19-35-25-10-6-5-9-22(25)28/h2-12,17H,13-16,18-19H2,1H3,(H,29,32). The molecule has 8 heteroatoms. The van der Waals surface area contributed by atoms with Crippen molar-refractivity contribution in [3.8, 4) is 5.75 Å². The first-order valence-electron chi connectivity index (χ1n) is 11.4. The molecule has 1 fully saturated rings. The third-order valence-electron chi connectivity index (χ3n) is 5.85. The molecule has 1 amide bonds. The van der Waals surface area contributed by atoms with Gasteiger partial charge in [0.1, 0.15) is 5.75 Å². The molecule has 0 spiro atoms. The number of methoxy groups -OCH3 is 1. The summed E-state index contributed by atoms with van der Waals surface area (Å²) < 4.78 is 10.4. The maximum Gasteiger partial charge on any atom is 0.337 e. The molecule has 0 atom stereocenters. The molecule has 1 N–H and O–H groups in total. The summed E-state index contributed by atoms with van der Waals surface area (Å²) in [6, 6.07) is 22.6. The van der Waals surface area contributed by atoms with E-state index in [0.717, 1.165) is 38.4 Å². The van der Waals surface area contributed by atoms with Crippen LogP contribution in [0, 0.1) is 0 Å². The summed E-state index contributed by atoms with van der Waals surface area (Å²) in [6.45, 7) is 4.05. The summed E-state index contributed by atoms with van der Waals surface area (Å²) in [5.74, 6) is -0.384. The molecule has 7 nitrogen and oxygen atoms in total. The molecule has 1 aliphatic rings. The molecule has 0 unspecified atom stereocenters. The van der Waals surface area contributed by atoms with Crippen molar-refractivity contribution in [1.29, 1.82) is 0 Å². The zero-order chi connectivity index (χ0) is 24.6. The molecular formula is C27H28ClN3O4. The van der Waals surface area contributed by atoms with Crippen molar-refractivity contribution in [2.24, 2.45) is 0 Å². The second-order valence-electron chi connectivity index (χ2n) is 8.24. The van der Waals surface area contributed by atoms with Gasteiger partial charge < -0.3 is 19.7 Å². The Bertz CT molecular complexity index is 1160. The highest BCUT2D eigenvalue weighted by Crippen LogP contribution is 2.29. The monoisotopic (exact) mass is 493 g/mol. The largest absolute Gasteiger partial charge is 0.482 e. The van der Waals surface area contributed by atoms with E-state index >= 15 is 0 Å². The Hall–Kier alpha value is -3.55. The van der Waals surface area contributed by atoms with Crippen LogP contribution in [0.2, 0.25) is 5.02 Å². The zero-order valence-electron chi connectivity index (χ0n) is 19.6. The summed E-state index contributed by atoms with van der Waals surface area (Å²) in [4.78, 5) is 29.4. The number of benzene rings is 3. The number of carbonyl (C=O) groups excluding carboxylic acids is 2. The molecule has 1 aliphatic heterocycles. The number of halogens is 1. The van der Waals surface area contributed by atoms with Gasteiger partial charge in [0.15, 0.2) is 6.61 Å². The summed E-state index contributed by atoms with van der Waals surface area (Å²) in [5.41, 5.74) is 3.04. The number of piperazine rings is 1. The van der Waals surface area contributed by atoms with Gasteiger partial charge in [0, 0.05) is 32.7 Å². The van der Waals surface area contributed by atoms with E-state index in [1.807, 2.05) is 12.1 Å². The number of carbonyl (C=O) groups is 2. The maximum absolute atomic E-state index is 12.7. The van der Waals surface area contributed by atoms with Crippen LogP contribution < -0.4 is 15.0 Å². The first-order valence-corrected chi connectivity index (χ1v) is 11.8. The molecule has 0 saturated carbocycles. The van der Waals surface area contributed by atoms with Crippen LogP contribution in [-0.4, -0.2) is 56.7 Å². The van der Waals surface area contributed by atoms with Crippen molar-refractivity contribution in [2.75, 3.05) is 50.1 Å². The van der Waals surface area contributed by atoms with E-state index in [9.17, 15) is 9.59 Å². The van der Waals surface area contributed by atoms with E-state index in [-0.39, 0.29) is 12.5 Å². The summed E-state index contributed by atoms with van der Waals surface area (Å²) >= 11 is 6.11. The zero-order valence-corrected chi connectivity index (χ0v) is 20.3. The van der Waals surface area contributed by atoms with Crippen LogP contribution in [0.15, 0.2) is 72.8 Å². The fraction of sp³-hybridized carbons (Fsp3) is 0.259. The Morgan fingerprint density at radius 2 is 1.66 bits per heavy atom. The minimum absolute atomic E-state index is 0.212. The lowest BCUT2D eigenvalue weighted by Gasteiger charge is -2.37. The van der Waals surface area contributed by atoms with Gasteiger partial charge in [0.05, 0.1) is 29.1 Å². The SMILES string of the molecule is COC(=O)c1ccc(N2CCN(Cc3ccccc3)CC2)c(NC(=O)COc2ccccc2Cl)c1. The van der Waals surface area contributed by atoms with Crippen LogP contribution in [0.4, 0.5) is 11.4 Å². The molecule has 35 heavy (non-hydrogen) atoms. The molecule has 182 valence electrons. The molecule has 1 heterocycles. The maximum atomic E-state index is 12.7. The number of hydrogen-bond donors (Lipinski definition) is 1. The normalized spacial score (nSPS) is 13.8. The van der Waals surface area contributed by atoms with Crippen LogP contribution >= 0.6 is 11.6 Å². The molecule has 4 rings (SSSR count). The van der Waals surface area contributed by atoms with Crippen LogP contribution in [0.3, 0.4) is 0 Å². The predicted octanol–water partition coefficient (Wildman–Crippen LogP) is 4.47. The molecule has 1 saturated heterocycles. The lowest BCUT2D eigenvalue weighted by molar-refractivity contribution is -0.118. The summed E-state index contributed by atoms with van der Waals surface area (Å²) in [6.07, 6.45) is 0. The van der Waals surface area contributed by atoms with Gasteiger partial charge in [-0.3, -0.25) is 9.69 Å². The van der Waals surface area contributed by atoms with E-state index in [1.54, 1.807) is 36.4 Å². The van der Waals surface area contributed by atoms with Gasteiger partial charge in [0.2, 0.25) is 0 Å². The average molecular weight is 494 g/mol. The lowest BCUT2D eigenvalue weighted by Crippen LogP contribution is -2.46. The number of esters is 1. The van der Waals surface area contributed by atoms with Crippen LogP contribution in [0.1, 0.15) is 15.9 Å². The molecule has 0 bridgehead atoms. The first-order chi connectivity index (χ1) is 17.0. The highest BCUT2D eigenvalue weighted by Gasteiger charge is 2.21. The van der Waals surface area contributed by atoms with Crippen molar-refractivity contribution in [2.45, 2.75) is 6.54 Å². The first kappa shape index (κ1) is 24.6. The van der Waals surface area contributed by atoms with E-state index in [1.165, 1.54) is 12.7 Å². The van der Waals surface area contributed by atoms with E-state index in [4.69, 9.17) is 21.1 Å². The van der Waals surface area contributed by atoms with Crippen LogP contribution in [0.5, 0.6) is 5.75 Å². The molecule has 0 aromatic heterocycles. The van der Waals surface area contributed by atoms with Crippen molar-refractivity contribution < 1.29 is 19.1 Å². The third kappa shape index (κ3) is 6.53. The Balaban J connectivity index is 1.44. The Morgan fingerprint density at radius 1 is 0.943 bits per heavy atom. The number of hydrogen-bond acceptors (Lipinski definition) is 6. The fourth-order valence-electron chi connectivity index (χ4n) is 4.04. The van der Waals surface area contributed by atoms with Crippen LogP contribution in [-0.2, 0) is 16.1 Å². The smallest absolute Gasteiger partial charge is 0.337 e. The number of amides is 1. The minimum Gasteiger partial charge on any atom is -0.482 e.